The van der Waals surface area contributed by atoms with Gasteiger partial charge >= 0.3 is 0 Å². The molecule has 26 heavy (non-hydrogen) atoms. The molecule has 0 aliphatic rings. The Morgan fingerprint density at radius 2 is 1.73 bits per heavy atom. The highest BCUT2D eigenvalue weighted by Gasteiger charge is 2.11. The van der Waals surface area contributed by atoms with Crippen molar-refractivity contribution in [1.82, 2.24) is 5.43 Å². The lowest BCUT2D eigenvalue weighted by Gasteiger charge is -2.14. The number of carbonyl (C=O) groups is 1. The third kappa shape index (κ3) is 5.51. The summed E-state index contributed by atoms with van der Waals surface area (Å²) in [6.07, 6.45) is 1.54. The number of hydrogen-bond acceptors (Lipinski definition) is 5. The van der Waals surface area contributed by atoms with E-state index >= 15 is 0 Å². The standard InChI is InChI=1S/C19H22N2O4.CH4/c1-13(2)25-17-10-9-14(11-18(17)24-4)19(22)21-20-12-15-7-5-6-8-16(15)23-3;/h5-13H,1-4H3,(H,21,22);1H4/b20-12+;. The zero-order valence-electron chi connectivity index (χ0n) is 14.8. The molecule has 0 saturated carbocycles. The Kier molecular flexibility index (Phi) is 8.15. The van der Waals surface area contributed by atoms with Crippen LogP contribution in [0.15, 0.2) is 47.6 Å². The van der Waals surface area contributed by atoms with Crippen LogP contribution < -0.4 is 19.6 Å². The fraction of sp³-hybridized carbons (Fsp3) is 0.300. The number of ether oxygens (including phenoxy) is 3. The maximum Gasteiger partial charge on any atom is 0.271 e. The first-order valence-corrected chi connectivity index (χ1v) is 7.86. The van der Waals surface area contributed by atoms with E-state index in [9.17, 15) is 4.79 Å². The van der Waals surface area contributed by atoms with Crippen LogP contribution in [0.4, 0.5) is 0 Å². The van der Waals surface area contributed by atoms with Crippen LogP contribution in [0.1, 0.15) is 37.2 Å². The van der Waals surface area contributed by atoms with Crippen LogP contribution in [0, 0.1) is 0 Å². The summed E-state index contributed by atoms with van der Waals surface area (Å²) in [4.78, 5) is 12.2. The summed E-state index contributed by atoms with van der Waals surface area (Å²) >= 11 is 0. The van der Waals surface area contributed by atoms with Gasteiger partial charge in [0.2, 0.25) is 0 Å². The van der Waals surface area contributed by atoms with E-state index < -0.39 is 0 Å². The number of nitrogens with zero attached hydrogens (tertiary/aromatic N) is 1. The van der Waals surface area contributed by atoms with Crippen molar-refractivity contribution in [2.24, 2.45) is 5.10 Å². The number of amides is 1. The van der Waals surface area contributed by atoms with E-state index in [0.29, 0.717) is 22.8 Å². The summed E-state index contributed by atoms with van der Waals surface area (Å²) in [6.45, 7) is 3.85. The molecule has 2 aromatic carbocycles. The number of carbonyl (C=O) groups excluding carboxylic acids is 1. The first-order valence-electron chi connectivity index (χ1n) is 7.86. The monoisotopic (exact) mass is 358 g/mol. The van der Waals surface area contributed by atoms with Gasteiger partial charge in [-0.2, -0.15) is 5.10 Å². The number of rotatable bonds is 7. The summed E-state index contributed by atoms with van der Waals surface area (Å²) in [7, 11) is 3.11. The molecule has 1 amide bonds. The highest BCUT2D eigenvalue weighted by Crippen LogP contribution is 2.28. The summed E-state index contributed by atoms with van der Waals surface area (Å²) < 4.78 is 16.1. The molecule has 6 nitrogen and oxygen atoms in total. The van der Waals surface area contributed by atoms with Gasteiger partial charge in [0.15, 0.2) is 11.5 Å². The molecule has 1 N–H and O–H groups in total. The number of benzene rings is 2. The maximum absolute atomic E-state index is 12.2. The van der Waals surface area contributed by atoms with E-state index in [1.165, 1.54) is 13.3 Å². The Bertz CT molecular complexity index is 757. The van der Waals surface area contributed by atoms with E-state index in [1.54, 1.807) is 25.3 Å². The fourth-order valence-electron chi connectivity index (χ4n) is 2.16. The van der Waals surface area contributed by atoms with Crippen LogP contribution in [-0.2, 0) is 0 Å². The lowest BCUT2D eigenvalue weighted by atomic mass is 10.2. The number of hydrazone groups is 1. The minimum atomic E-state index is -0.347. The van der Waals surface area contributed by atoms with Crippen LogP contribution in [0.3, 0.4) is 0 Å². The summed E-state index contributed by atoms with van der Waals surface area (Å²) in [5.41, 5.74) is 3.68. The van der Waals surface area contributed by atoms with Crippen molar-refractivity contribution in [2.75, 3.05) is 14.2 Å². The van der Waals surface area contributed by atoms with Gasteiger partial charge in [0.25, 0.3) is 5.91 Å². The van der Waals surface area contributed by atoms with Crippen LogP contribution in [0.2, 0.25) is 0 Å². The zero-order valence-corrected chi connectivity index (χ0v) is 14.8. The highest BCUT2D eigenvalue weighted by molar-refractivity contribution is 5.95. The largest absolute Gasteiger partial charge is 0.496 e. The predicted molar refractivity (Wildman–Crippen MR) is 104 cm³/mol. The smallest absolute Gasteiger partial charge is 0.271 e. The molecule has 0 saturated heterocycles. The van der Waals surface area contributed by atoms with E-state index in [4.69, 9.17) is 14.2 Å². The third-order valence-corrected chi connectivity index (χ3v) is 3.30. The van der Waals surface area contributed by atoms with Gasteiger partial charge in [0.05, 0.1) is 26.5 Å². The van der Waals surface area contributed by atoms with Crippen LogP contribution in [0.25, 0.3) is 0 Å². The molecule has 2 aromatic rings. The molecule has 0 unspecified atom stereocenters. The molecular weight excluding hydrogens is 332 g/mol. The van der Waals surface area contributed by atoms with Crippen molar-refractivity contribution in [3.63, 3.8) is 0 Å². The highest BCUT2D eigenvalue weighted by atomic mass is 16.5. The second-order valence-electron chi connectivity index (χ2n) is 5.47. The van der Waals surface area contributed by atoms with Gasteiger partial charge in [-0.3, -0.25) is 4.79 Å². The van der Waals surface area contributed by atoms with Gasteiger partial charge in [-0.25, -0.2) is 5.43 Å². The molecule has 0 fully saturated rings. The lowest BCUT2D eigenvalue weighted by Crippen LogP contribution is -2.18. The first kappa shape index (κ1) is 21.0. The Morgan fingerprint density at radius 3 is 2.38 bits per heavy atom. The first-order chi connectivity index (χ1) is 12.0. The van der Waals surface area contributed by atoms with Crippen molar-refractivity contribution < 1.29 is 19.0 Å². The molecular formula is C20H26N2O4. The van der Waals surface area contributed by atoms with Crippen molar-refractivity contribution in [3.05, 3.63) is 53.6 Å². The molecule has 0 spiro atoms. The molecule has 0 heterocycles. The number of hydrogen-bond donors (Lipinski definition) is 1. The molecule has 6 heteroatoms. The molecule has 0 aromatic heterocycles. The second-order valence-corrected chi connectivity index (χ2v) is 5.47. The predicted octanol–water partition coefficient (Wildman–Crippen LogP) is 3.89. The average Bonchev–Trinajstić information content (AvgIpc) is 2.61. The third-order valence-electron chi connectivity index (χ3n) is 3.30. The van der Waals surface area contributed by atoms with Gasteiger partial charge in [-0.1, -0.05) is 19.6 Å². The second kappa shape index (κ2) is 10.1. The average molecular weight is 358 g/mol. The van der Waals surface area contributed by atoms with Crippen LogP contribution in [-0.4, -0.2) is 32.4 Å². The van der Waals surface area contributed by atoms with Crippen LogP contribution in [0.5, 0.6) is 17.2 Å². The number of nitrogens with one attached hydrogen (secondary N) is 1. The lowest BCUT2D eigenvalue weighted by molar-refractivity contribution is 0.0954. The Balaban J connectivity index is 0.00000338. The van der Waals surface area contributed by atoms with E-state index in [0.717, 1.165) is 5.56 Å². The molecule has 2 rings (SSSR count). The molecule has 0 radical (unpaired) electrons. The van der Waals surface area contributed by atoms with Gasteiger partial charge < -0.3 is 14.2 Å². The Labute approximate surface area is 154 Å². The number of para-hydroxylation sites is 1. The maximum atomic E-state index is 12.2. The van der Waals surface area contributed by atoms with E-state index in [-0.39, 0.29) is 19.4 Å². The summed E-state index contributed by atoms with van der Waals surface area (Å²) in [5.74, 6) is 1.42. The molecule has 0 aliphatic carbocycles. The number of methoxy groups -OCH3 is 2. The van der Waals surface area contributed by atoms with E-state index in [1.807, 2.05) is 38.1 Å². The Morgan fingerprint density at radius 1 is 1.04 bits per heavy atom. The topological polar surface area (TPSA) is 69.2 Å². The molecule has 140 valence electrons. The Hall–Kier alpha value is -3.02. The van der Waals surface area contributed by atoms with Crippen molar-refractivity contribution in [2.45, 2.75) is 27.4 Å². The van der Waals surface area contributed by atoms with Crippen molar-refractivity contribution >= 4 is 12.1 Å². The minimum absolute atomic E-state index is 0. The SMILES string of the molecule is C.COc1ccccc1/C=N/NC(=O)c1ccc(OC(C)C)c(OC)c1. The summed E-state index contributed by atoms with van der Waals surface area (Å²) in [5, 5.41) is 3.98. The van der Waals surface area contributed by atoms with Gasteiger partial charge in [0, 0.05) is 11.1 Å². The van der Waals surface area contributed by atoms with E-state index in [2.05, 4.69) is 10.5 Å². The van der Waals surface area contributed by atoms with Gasteiger partial charge in [0.1, 0.15) is 5.75 Å². The molecule has 0 aliphatic heterocycles. The molecule has 0 atom stereocenters. The quantitative estimate of drug-likeness (QED) is 0.602. The van der Waals surface area contributed by atoms with Gasteiger partial charge in [-0.05, 0) is 44.2 Å². The zero-order chi connectivity index (χ0) is 18.2. The van der Waals surface area contributed by atoms with Crippen molar-refractivity contribution in [1.29, 1.82) is 0 Å². The minimum Gasteiger partial charge on any atom is -0.496 e. The van der Waals surface area contributed by atoms with Crippen LogP contribution >= 0.6 is 0 Å². The van der Waals surface area contributed by atoms with Crippen molar-refractivity contribution in [3.8, 4) is 17.2 Å². The normalized spacial score (nSPS) is 10.3. The molecule has 0 bridgehead atoms. The summed E-state index contributed by atoms with van der Waals surface area (Å²) in [6, 6.07) is 12.4. The fourth-order valence-corrected chi connectivity index (χ4v) is 2.16. The van der Waals surface area contributed by atoms with Gasteiger partial charge in [-0.15, -0.1) is 0 Å².